The molecule has 3 rings (SSSR count). The molecule has 0 spiro atoms. The van der Waals surface area contributed by atoms with E-state index >= 15 is 4.39 Å². The van der Waals surface area contributed by atoms with E-state index < -0.39 is 5.83 Å². The summed E-state index contributed by atoms with van der Waals surface area (Å²) in [4.78, 5) is 15.6. The molecule has 0 amide bonds. The van der Waals surface area contributed by atoms with Crippen molar-refractivity contribution in [1.82, 2.24) is 19.7 Å². The van der Waals surface area contributed by atoms with Crippen LogP contribution in [-0.2, 0) is 4.74 Å². The molecule has 2 aliphatic rings. The Bertz CT molecular complexity index is 1530. The van der Waals surface area contributed by atoms with Crippen molar-refractivity contribution in [3.05, 3.63) is 108 Å². The second kappa shape index (κ2) is 19.4. The predicted molar refractivity (Wildman–Crippen MR) is 204 cm³/mol. The zero-order valence-corrected chi connectivity index (χ0v) is 32.3. The van der Waals surface area contributed by atoms with Crippen LogP contribution in [0.25, 0.3) is 5.70 Å². The van der Waals surface area contributed by atoms with Crippen LogP contribution in [0, 0.1) is 5.82 Å². The van der Waals surface area contributed by atoms with Crippen molar-refractivity contribution in [3.8, 4) is 0 Å². The summed E-state index contributed by atoms with van der Waals surface area (Å²) in [5.41, 5.74) is 3.14. The maximum Gasteiger partial charge on any atom is 0.207 e. The molecule has 0 bridgehead atoms. The first-order valence-electron chi connectivity index (χ1n) is 17.9. The number of aliphatic imine (C=N–C) groups is 1. The molecule has 0 unspecified atom stereocenters. The summed E-state index contributed by atoms with van der Waals surface area (Å²) >= 11 is 0. The van der Waals surface area contributed by atoms with E-state index in [1.807, 2.05) is 39.5 Å². The molecule has 3 heterocycles. The van der Waals surface area contributed by atoms with Crippen molar-refractivity contribution in [2.75, 3.05) is 13.1 Å². The summed E-state index contributed by atoms with van der Waals surface area (Å²) in [5.74, 6) is 1.15. The molecule has 0 atom stereocenters. The Morgan fingerprint density at radius 3 is 2.28 bits per heavy atom. The molecule has 0 aliphatic carbocycles. The van der Waals surface area contributed by atoms with E-state index in [-0.39, 0.29) is 23.6 Å². The van der Waals surface area contributed by atoms with Gasteiger partial charge in [-0.15, -0.1) is 0 Å². The van der Waals surface area contributed by atoms with Crippen molar-refractivity contribution in [3.63, 3.8) is 0 Å². The Hall–Kier alpha value is -4.01. The third-order valence-electron chi connectivity index (χ3n) is 8.43. The van der Waals surface area contributed by atoms with E-state index in [0.29, 0.717) is 41.8 Å². The minimum Gasteiger partial charge on any atom is -0.496 e. The quantitative estimate of drug-likeness (QED) is 0.135. The van der Waals surface area contributed by atoms with Crippen LogP contribution in [-0.4, -0.2) is 50.4 Å². The molecule has 1 aromatic heterocycles. The van der Waals surface area contributed by atoms with Crippen LogP contribution in [0.4, 0.5) is 13.2 Å². The van der Waals surface area contributed by atoms with Crippen molar-refractivity contribution < 1.29 is 17.9 Å². The number of fused-ring (bicyclic) bond motifs is 1. The number of ether oxygens (including phenoxy) is 1. The Kier molecular flexibility index (Phi) is 16.4. The van der Waals surface area contributed by atoms with Gasteiger partial charge in [0.1, 0.15) is 18.0 Å². The van der Waals surface area contributed by atoms with Crippen LogP contribution in [0.3, 0.4) is 0 Å². The number of aromatic nitrogens is 1. The number of guanidine groups is 1. The highest BCUT2D eigenvalue weighted by Gasteiger charge is 2.43. The van der Waals surface area contributed by atoms with Crippen LogP contribution >= 0.6 is 0 Å². The molecule has 6 nitrogen and oxygen atoms in total. The van der Waals surface area contributed by atoms with Gasteiger partial charge in [0, 0.05) is 46.9 Å². The zero-order chi connectivity index (χ0) is 37.8. The fourth-order valence-corrected chi connectivity index (χ4v) is 6.24. The lowest BCUT2D eigenvalue weighted by atomic mass is 9.93. The summed E-state index contributed by atoms with van der Waals surface area (Å²) < 4.78 is 47.8. The minimum atomic E-state index is -1.02. The van der Waals surface area contributed by atoms with Gasteiger partial charge in [0.2, 0.25) is 5.96 Å². The highest BCUT2D eigenvalue weighted by molar-refractivity contribution is 5.89. The lowest BCUT2D eigenvalue weighted by Crippen LogP contribution is -2.49. The number of nitrogens with zero attached hydrogens (tertiary/aromatic N) is 5. The van der Waals surface area contributed by atoms with Gasteiger partial charge in [0.05, 0.1) is 29.6 Å². The zero-order valence-electron chi connectivity index (χ0n) is 32.3. The minimum absolute atomic E-state index is 0.0464. The topological polar surface area (TPSA) is 44.2 Å². The Labute approximate surface area is 300 Å². The Morgan fingerprint density at radius 1 is 1.14 bits per heavy atom. The van der Waals surface area contributed by atoms with Crippen molar-refractivity contribution >= 4 is 11.7 Å². The summed E-state index contributed by atoms with van der Waals surface area (Å²) in [7, 11) is 0. The maximum absolute atomic E-state index is 15.6. The molecule has 0 saturated heterocycles. The average Bonchev–Trinajstić information content (AvgIpc) is 3.38. The van der Waals surface area contributed by atoms with Gasteiger partial charge in [-0.25, -0.2) is 18.2 Å². The molecule has 0 radical (unpaired) electrons. The van der Waals surface area contributed by atoms with Gasteiger partial charge in [-0.2, -0.15) is 0 Å². The first-order valence-corrected chi connectivity index (χ1v) is 17.9. The Morgan fingerprint density at radius 2 is 1.78 bits per heavy atom. The lowest BCUT2D eigenvalue weighted by Gasteiger charge is -2.44. The molecule has 50 heavy (non-hydrogen) atoms. The summed E-state index contributed by atoms with van der Waals surface area (Å²) in [6.07, 6.45) is 12.9. The molecule has 1 aromatic rings. The van der Waals surface area contributed by atoms with Crippen LogP contribution in [0.15, 0.2) is 95.4 Å². The van der Waals surface area contributed by atoms with Crippen LogP contribution in [0.2, 0.25) is 0 Å². The van der Waals surface area contributed by atoms with Gasteiger partial charge >= 0.3 is 0 Å². The molecule has 0 fully saturated rings. The van der Waals surface area contributed by atoms with Gasteiger partial charge < -0.3 is 9.64 Å². The molecule has 0 saturated carbocycles. The molecule has 0 N–H and O–H groups in total. The van der Waals surface area contributed by atoms with Gasteiger partial charge in [-0.3, -0.25) is 14.8 Å². The predicted octanol–water partition coefficient (Wildman–Crippen LogP) is 11.7. The molecule has 276 valence electrons. The van der Waals surface area contributed by atoms with E-state index in [4.69, 9.17) is 9.73 Å². The van der Waals surface area contributed by atoms with Gasteiger partial charge in [-0.1, -0.05) is 52.8 Å². The highest BCUT2D eigenvalue weighted by atomic mass is 19.2. The number of hydrogen-bond donors (Lipinski definition) is 0. The number of pyridine rings is 1. The van der Waals surface area contributed by atoms with Gasteiger partial charge in [-0.05, 0) is 98.9 Å². The average molecular weight is 696 g/mol. The summed E-state index contributed by atoms with van der Waals surface area (Å²) in [5, 5.41) is 0. The van der Waals surface area contributed by atoms with Crippen LogP contribution < -0.4 is 0 Å². The van der Waals surface area contributed by atoms with E-state index in [0.717, 1.165) is 67.0 Å². The third kappa shape index (κ3) is 10.7. The third-order valence-corrected chi connectivity index (χ3v) is 8.43. The van der Waals surface area contributed by atoms with Crippen molar-refractivity contribution in [2.24, 2.45) is 4.99 Å². The molecular formula is C41H60F3N5O. The molecular weight excluding hydrogens is 635 g/mol. The second-order valence-electron chi connectivity index (χ2n) is 13.5. The van der Waals surface area contributed by atoms with E-state index in [1.165, 1.54) is 12.1 Å². The van der Waals surface area contributed by atoms with E-state index in [2.05, 4.69) is 68.6 Å². The Balaban J connectivity index is 0.000000845. The van der Waals surface area contributed by atoms with Crippen molar-refractivity contribution in [1.29, 1.82) is 0 Å². The summed E-state index contributed by atoms with van der Waals surface area (Å²) in [6.45, 7) is 32.2. The number of allylic oxidation sites excluding steroid dienone is 7. The number of likely N-dealkylation sites (N-methyl/N-ethyl adjacent to an activating group) is 1. The highest BCUT2D eigenvalue weighted by Crippen LogP contribution is 2.41. The molecule has 9 heteroatoms. The first-order chi connectivity index (χ1) is 23.6. The van der Waals surface area contributed by atoms with E-state index in [1.54, 1.807) is 19.2 Å². The normalized spacial score (nSPS) is 16.7. The van der Waals surface area contributed by atoms with E-state index in [9.17, 15) is 8.78 Å². The standard InChI is InChI=1S/C33H44F3N5.C8H16O/c1-10-14-25(15-11-2)30-29(36)18-26(20-37-30)24(7)41(28(12-3)17-16-27(35)19-34)31-22(5)23(6)39(13-4)32-38-33(8,9)21-40(31)32;1-5-6-8(4)9-7(2)3/h12,16-20,25H,6-7,10-11,13-15,21H2,1-5,8-9H3;6-7H,5H2,1-4H3/b17-16-,27-19-,28-12+;8-6+. The largest absolute Gasteiger partial charge is 0.496 e. The van der Waals surface area contributed by atoms with Crippen molar-refractivity contribution in [2.45, 2.75) is 126 Å². The molecule has 0 aromatic carbocycles. The summed E-state index contributed by atoms with van der Waals surface area (Å²) in [6, 6.07) is 1.48. The SMILES string of the molecule is C=C1C(C)=C(N(C(=C)c2cnc(C(CCC)CCC)c(F)c2)C(/C=C\C(F)=C\F)=C/C)N2CC(C)(C)N=C2N1CC.CC/C=C(\C)OC(C)C. The van der Waals surface area contributed by atoms with Gasteiger partial charge in [0.15, 0.2) is 5.83 Å². The fourth-order valence-electron chi connectivity index (χ4n) is 6.24. The molecule has 2 aliphatic heterocycles. The number of halogens is 3. The van der Waals surface area contributed by atoms with Crippen LogP contribution in [0.5, 0.6) is 0 Å². The number of rotatable bonds is 15. The fraction of sp³-hybridized carbons (Fsp3) is 0.512. The smallest absolute Gasteiger partial charge is 0.207 e. The first kappa shape index (κ1) is 42.2. The lowest BCUT2D eigenvalue weighted by molar-refractivity contribution is 0.148. The maximum atomic E-state index is 15.6. The van der Waals surface area contributed by atoms with Gasteiger partial charge in [0.25, 0.3) is 0 Å². The monoisotopic (exact) mass is 695 g/mol. The number of hydrogen-bond acceptors (Lipinski definition) is 6. The van der Waals surface area contributed by atoms with Crippen LogP contribution in [0.1, 0.15) is 125 Å². The second-order valence-corrected chi connectivity index (χ2v) is 13.5.